The van der Waals surface area contributed by atoms with Gasteiger partial charge >= 0.3 is 0 Å². The Morgan fingerprint density at radius 1 is 0.825 bits per heavy atom. The summed E-state index contributed by atoms with van der Waals surface area (Å²) in [7, 11) is 0. The van der Waals surface area contributed by atoms with Gasteiger partial charge in [0.1, 0.15) is 5.76 Å². The summed E-state index contributed by atoms with van der Waals surface area (Å²) in [4.78, 5) is 29.7. The first kappa shape index (κ1) is 28.0. The highest BCUT2D eigenvalue weighted by Gasteiger charge is 2.24. The third-order valence-corrected chi connectivity index (χ3v) is 7.61. The summed E-state index contributed by atoms with van der Waals surface area (Å²) < 4.78 is 5.72. The van der Waals surface area contributed by atoms with E-state index in [1.807, 2.05) is 29.2 Å². The predicted octanol–water partition coefficient (Wildman–Crippen LogP) is 7.00. The molecule has 40 heavy (non-hydrogen) atoms. The maximum atomic E-state index is 12.9. The zero-order valence-electron chi connectivity index (χ0n) is 21.0. The molecule has 3 aromatic carbocycles. The number of rotatable bonds is 5. The molecule has 0 saturated carbocycles. The molecule has 1 saturated heterocycles. The molecule has 0 spiro atoms. The van der Waals surface area contributed by atoms with E-state index in [-0.39, 0.29) is 16.8 Å². The molecule has 1 aliphatic heterocycles. The maximum Gasteiger partial charge on any atom is 0.293 e. The number of hydrogen-bond acceptors (Lipinski definition) is 5. The SMILES string of the molecule is O=C(NC(=S)Nc1ccccc1N1CCN(C(=O)c2ccc(Cl)cc2)CC1)c1ccc(-c2ccc(Cl)c(Cl)c2)o1. The van der Waals surface area contributed by atoms with E-state index in [1.54, 1.807) is 54.6 Å². The molecule has 11 heteroatoms. The number of carbonyl (C=O) groups is 2. The van der Waals surface area contributed by atoms with Gasteiger partial charge in [-0.25, -0.2) is 0 Å². The number of amides is 2. The van der Waals surface area contributed by atoms with Gasteiger partial charge in [0.2, 0.25) is 0 Å². The van der Waals surface area contributed by atoms with Crippen molar-refractivity contribution in [2.45, 2.75) is 0 Å². The molecule has 0 radical (unpaired) electrons. The number of halogens is 3. The maximum absolute atomic E-state index is 12.9. The van der Waals surface area contributed by atoms with Crippen molar-refractivity contribution >= 4 is 75.3 Å². The third kappa shape index (κ3) is 6.42. The van der Waals surface area contributed by atoms with Gasteiger partial charge in [0.15, 0.2) is 10.9 Å². The number of furan rings is 1. The van der Waals surface area contributed by atoms with E-state index < -0.39 is 5.91 Å². The zero-order valence-corrected chi connectivity index (χ0v) is 24.1. The molecule has 4 aromatic rings. The number of anilines is 2. The highest BCUT2D eigenvalue weighted by molar-refractivity contribution is 7.80. The second-order valence-corrected chi connectivity index (χ2v) is 10.7. The second kappa shape index (κ2) is 12.3. The first-order chi connectivity index (χ1) is 19.3. The predicted molar refractivity (Wildman–Crippen MR) is 164 cm³/mol. The molecule has 2 N–H and O–H groups in total. The number of nitrogens with zero attached hydrogens (tertiary/aromatic N) is 2. The van der Waals surface area contributed by atoms with Crippen molar-refractivity contribution < 1.29 is 14.0 Å². The van der Waals surface area contributed by atoms with Crippen molar-refractivity contribution in [1.82, 2.24) is 10.2 Å². The van der Waals surface area contributed by atoms with Crippen molar-refractivity contribution in [3.05, 3.63) is 105 Å². The Balaban J connectivity index is 1.19. The number of hydrogen-bond donors (Lipinski definition) is 2. The van der Waals surface area contributed by atoms with E-state index >= 15 is 0 Å². The molecule has 5 rings (SSSR count). The van der Waals surface area contributed by atoms with Gasteiger partial charge in [-0.2, -0.15) is 0 Å². The number of para-hydroxylation sites is 2. The Kier molecular flexibility index (Phi) is 8.61. The average molecular weight is 614 g/mol. The first-order valence-corrected chi connectivity index (χ1v) is 13.9. The number of carbonyl (C=O) groups excluding carboxylic acids is 2. The Hall–Kier alpha value is -3.56. The lowest BCUT2D eigenvalue weighted by molar-refractivity contribution is 0.0746. The summed E-state index contributed by atoms with van der Waals surface area (Å²) in [5, 5.41) is 7.32. The van der Waals surface area contributed by atoms with E-state index in [9.17, 15) is 9.59 Å². The van der Waals surface area contributed by atoms with Crippen LogP contribution in [0.4, 0.5) is 11.4 Å². The normalized spacial score (nSPS) is 13.2. The Labute approximate surface area is 251 Å². The summed E-state index contributed by atoms with van der Waals surface area (Å²) in [5.41, 5.74) is 2.96. The van der Waals surface area contributed by atoms with Crippen molar-refractivity contribution in [2.24, 2.45) is 0 Å². The molecule has 0 atom stereocenters. The van der Waals surface area contributed by atoms with Crippen LogP contribution in [0.25, 0.3) is 11.3 Å². The lowest BCUT2D eigenvalue weighted by Crippen LogP contribution is -2.49. The summed E-state index contributed by atoms with van der Waals surface area (Å²) in [6, 6.07) is 22.9. The molecule has 0 bridgehead atoms. The van der Waals surface area contributed by atoms with E-state index in [0.717, 1.165) is 11.4 Å². The number of piperazine rings is 1. The quantitative estimate of drug-likeness (QED) is 0.236. The summed E-state index contributed by atoms with van der Waals surface area (Å²) in [6.07, 6.45) is 0. The van der Waals surface area contributed by atoms with Crippen molar-refractivity contribution in [2.75, 3.05) is 36.4 Å². The van der Waals surface area contributed by atoms with Crippen LogP contribution in [-0.2, 0) is 0 Å². The molecular formula is C29H23Cl3N4O3S. The van der Waals surface area contributed by atoms with Gasteiger partial charge in [-0.1, -0.05) is 46.9 Å². The van der Waals surface area contributed by atoms with E-state index in [1.165, 1.54) is 0 Å². The molecular weight excluding hydrogens is 591 g/mol. The molecule has 0 aliphatic carbocycles. The summed E-state index contributed by atoms with van der Waals surface area (Å²) in [5.74, 6) is 0.0593. The van der Waals surface area contributed by atoms with Crippen molar-refractivity contribution in [1.29, 1.82) is 0 Å². The largest absolute Gasteiger partial charge is 0.451 e. The number of nitrogens with one attached hydrogen (secondary N) is 2. The fraction of sp³-hybridized carbons (Fsp3) is 0.138. The molecule has 7 nitrogen and oxygen atoms in total. The van der Waals surface area contributed by atoms with Crippen molar-refractivity contribution in [3.8, 4) is 11.3 Å². The molecule has 1 fully saturated rings. The van der Waals surface area contributed by atoms with Gasteiger partial charge in [0.25, 0.3) is 11.8 Å². The van der Waals surface area contributed by atoms with Crippen LogP contribution in [0.3, 0.4) is 0 Å². The smallest absolute Gasteiger partial charge is 0.293 e. The molecule has 1 aromatic heterocycles. The Morgan fingerprint density at radius 3 is 2.27 bits per heavy atom. The van der Waals surface area contributed by atoms with Crippen LogP contribution in [0, 0.1) is 0 Å². The monoisotopic (exact) mass is 612 g/mol. The van der Waals surface area contributed by atoms with Gasteiger partial charge in [-0.15, -0.1) is 0 Å². The van der Waals surface area contributed by atoms with Gasteiger partial charge in [0, 0.05) is 42.3 Å². The number of thiocarbonyl (C=S) groups is 1. The average Bonchev–Trinajstić information content (AvgIpc) is 3.46. The van der Waals surface area contributed by atoms with E-state index in [4.69, 9.17) is 51.4 Å². The Bertz CT molecular complexity index is 1570. The number of benzene rings is 3. The van der Waals surface area contributed by atoms with Crippen LogP contribution in [0.1, 0.15) is 20.9 Å². The van der Waals surface area contributed by atoms with Gasteiger partial charge in [-0.05, 0) is 78.9 Å². The van der Waals surface area contributed by atoms with Crippen LogP contribution in [0.15, 0.2) is 83.3 Å². The lowest BCUT2D eigenvalue weighted by Gasteiger charge is -2.37. The van der Waals surface area contributed by atoms with E-state index in [2.05, 4.69) is 15.5 Å². The molecule has 0 unspecified atom stereocenters. The highest BCUT2D eigenvalue weighted by Crippen LogP contribution is 2.30. The van der Waals surface area contributed by atoms with Gasteiger partial charge in [0.05, 0.1) is 21.4 Å². The minimum atomic E-state index is -0.490. The molecule has 2 heterocycles. The second-order valence-electron chi connectivity index (χ2n) is 9.00. The topological polar surface area (TPSA) is 77.8 Å². The summed E-state index contributed by atoms with van der Waals surface area (Å²) in [6.45, 7) is 2.41. The van der Waals surface area contributed by atoms with Gasteiger partial charge < -0.3 is 19.5 Å². The zero-order chi connectivity index (χ0) is 28.2. The molecule has 204 valence electrons. The molecule has 1 aliphatic rings. The Morgan fingerprint density at radius 2 is 1.55 bits per heavy atom. The lowest BCUT2D eigenvalue weighted by atomic mass is 10.1. The fourth-order valence-electron chi connectivity index (χ4n) is 4.36. The standard InChI is InChI=1S/C29H23Cl3N4O3S/c30-20-8-5-18(6-9-20)28(38)36-15-13-35(14-16-36)24-4-2-1-3-23(24)33-29(40)34-27(37)26-12-11-25(39-26)19-7-10-21(31)22(32)17-19/h1-12,17H,13-16H2,(H2,33,34,37,40). The highest BCUT2D eigenvalue weighted by atomic mass is 35.5. The van der Waals surface area contributed by atoms with Crippen LogP contribution < -0.4 is 15.5 Å². The van der Waals surface area contributed by atoms with Crippen LogP contribution in [0.2, 0.25) is 15.1 Å². The van der Waals surface area contributed by atoms with Crippen LogP contribution >= 0.6 is 47.0 Å². The van der Waals surface area contributed by atoms with Gasteiger partial charge in [-0.3, -0.25) is 14.9 Å². The van der Waals surface area contributed by atoms with E-state index in [0.29, 0.717) is 58.1 Å². The minimum Gasteiger partial charge on any atom is -0.451 e. The first-order valence-electron chi connectivity index (χ1n) is 12.3. The molecule has 2 amide bonds. The van der Waals surface area contributed by atoms with Crippen molar-refractivity contribution in [3.63, 3.8) is 0 Å². The third-order valence-electron chi connectivity index (χ3n) is 6.41. The van der Waals surface area contributed by atoms with Crippen LogP contribution in [-0.4, -0.2) is 48.0 Å². The van der Waals surface area contributed by atoms with Crippen LogP contribution in [0.5, 0.6) is 0 Å². The fourth-order valence-corrected chi connectivity index (χ4v) is 4.99. The minimum absolute atomic E-state index is 0.0214. The summed E-state index contributed by atoms with van der Waals surface area (Å²) >= 11 is 23.5.